The third-order valence-electron chi connectivity index (χ3n) is 5.11. The largest absolute Gasteiger partial charge is 0.494 e. The zero-order valence-electron chi connectivity index (χ0n) is 18.1. The number of carboxylic acids is 1. The number of hydrogen-bond donors (Lipinski definition) is 2. The van der Waals surface area contributed by atoms with Crippen LogP contribution >= 0.6 is 0 Å². The van der Waals surface area contributed by atoms with Gasteiger partial charge >= 0.3 is 5.97 Å². The van der Waals surface area contributed by atoms with Gasteiger partial charge in [-0.1, -0.05) is 53.6 Å². The van der Waals surface area contributed by atoms with Crippen LogP contribution in [0.2, 0.25) is 0 Å². The summed E-state index contributed by atoms with van der Waals surface area (Å²) in [4.78, 5) is 28.9. The van der Waals surface area contributed by atoms with Crippen LogP contribution in [0.3, 0.4) is 0 Å². The summed E-state index contributed by atoms with van der Waals surface area (Å²) in [6, 6.07) is 16.0. The highest BCUT2D eigenvalue weighted by atomic mass is 16.5. The fraction of sp³-hybridized carbons (Fsp3) is 0.240. The molecule has 0 aliphatic heterocycles. The predicted molar refractivity (Wildman–Crippen MR) is 119 cm³/mol. The van der Waals surface area contributed by atoms with Gasteiger partial charge in [-0.05, 0) is 44.0 Å². The molecule has 0 aliphatic rings. The average Bonchev–Trinajstić information content (AvgIpc) is 2.73. The fourth-order valence-corrected chi connectivity index (χ4v) is 3.47. The second-order valence-corrected chi connectivity index (χ2v) is 7.60. The van der Waals surface area contributed by atoms with E-state index < -0.39 is 17.9 Å². The number of carbonyl (C=O) groups excluding carboxylic acids is 1. The molecule has 0 aliphatic carbocycles. The van der Waals surface area contributed by atoms with Gasteiger partial charge in [0.2, 0.25) is 0 Å². The van der Waals surface area contributed by atoms with Gasteiger partial charge in [-0.3, -0.25) is 9.59 Å². The molecular weight excluding hydrogens is 392 g/mol. The van der Waals surface area contributed by atoms with E-state index in [-0.39, 0.29) is 12.1 Å². The molecular formula is C25H26N2O4. The second kappa shape index (κ2) is 9.43. The number of rotatable bonds is 7. The van der Waals surface area contributed by atoms with Gasteiger partial charge in [0.25, 0.3) is 5.91 Å². The first-order chi connectivity index (χ1) is 14.8. The Bertz CT molecular complexity index is 1110. The third-order valence-corrected chi connectivity index (χ3v) is 5.11. The van der Waals surface area contributed by atoms with Crippen LogP contribution in [-0.2, 0) is 4.79 Å². The van der Waals surface area contributed by atoms with E-state index in [2.05, 4.69) is 10.3 Å². The summed E-state index contributed by atoms with van der Waals surface area (Å²) in [5.41, 5.74) is 5.56. The molecule has 1 atom stereocenters. The van der Waals surface area contributed by atoms with Crippen LogP contribution in [0.1, 0.15) is 45.2 Å². The first kappa shape index (κ1) is 22.0. The molecule has 0 radical (unpaired) electrons. The quantitative estimate of drug-likeness (QED) is 0.584. The molecule has 0 spiro atoms. The van der Waals surface area contributed by atoms with E-state index in [1.54, 1.807) is 19.2 Å². The molecule has 2 N–H and O–H groups in total. The van der Waals surface area contributed by atoms with Crippen LogP contribution in [0.25, 0.3) is 11.3 Å². The van der Waals surface area contributed by atoms with Crippen LogP contribution in [0.5, 0.6) is 5.75 Å². The lowest BCUT2D eigenvalue weighted by atomic mass is 10.0. The minimum Gasteiger partial charge on any atom is -0.494 e. The van der Waals surface area contributed by atoms with Crippen molar-refractivity contribution in [3.8, 4) is 17.0 Å². The Morgan fingerprint density at radius 2 is 1.68 bits per heavy atom. The van der Waals surface area contributed by atoms with Crippen molar-refractivity contribution in [2.75, 3.05) is 7.11 Å². The second-order valence-electron chi connectivity index (χ2n) is 7.60. The maximum atomic E-state index is 13.0. The molecule has 0 saturated heterocycles. The number of aromatic nitrogens is 1. The maximum absolute atomic E-state index is 13.0. The van der Waals surface area contributed by atoms with E-state index in [0.717, 1.165) is 27.8 Å². The van der Waals surface area contributed by atoms with Gasteiger partial charge in [0, 0.05) is 5.56 Å². The van der Waals surface area contributed by atoms with Crippen LogP contribution < -0.4 is 10.1 Å². The Kier molecular flexibility index (Phi) is 6.70. The standard InChI is InChI=1S/C25H26N2O4/c1-15-5-8-18(9-6-15)21(14-23(28)29)27-25(30)20-11-12-22(31-4)24(26-20)19-10-7-16(2)13-17(19)3/h5-13,21H,14H2,1-4H3,(H,27,30)(H,28,29)/t21-/m0/s1. The van der Waals surface area contributed by atoms with Gasteiger partial charge < -0.3 is 15.2 Å². The fourth-order valence-electron chi connectivity index (χ4n) is 3.47. The zero-order chi connectivity index (χ0) is 22.5. The molecule has 0 unspecified atom stereocenters. The van der Waals surface area contributed by atoms with Crippen molar-refractivity contribution in [1.82, 2.24) is 10.3 Å². The molecule has 160 valence electrons. The summed E-state index contributed by atoms with van der Waals surface area (Å²) < 4.78 is 5.46. The Labute approximate surface area is 181 Å². The number of nitrogens with one attached hydrogen (secondary N) is 1. The molecule has 3 rings (SSSR count). The number of pyridine rings is 1. The number of ether oxygens (including phenoxy) is 1. The molecule has 6 nitrogen and oxygen atoms in total. The van der Waals surface area contributed by atoms with E-state index in [1.165, 1.54) is 0 Å². The average molecular weight is 418 g/mol. The van der Waals surface area contributed by atoms with Crippen LogP contribution in [0.15, 0.2) is 54.6 Å². The van der Waals surface area contributed by atoms with Crippen LogP contribution in [0, 0.1) is 20.8 Å². The highest BCUT2D eigenvalue weighted by molar-refractivity contribution is 5.94. The first-order valence-electron chi connectivity index (χ1n) is 10.0. The summed E-state index contributed by atoms with van der Waals surface area (Å²) in [6.07, 6.45) is -0.227. The first-order valence-corrected chi connectivity index (χ1v) is 10.0. The molecule has 6 heteroatoms. The van der Waals surface area contributed by atoms with Crippen molar-refractivity contribution in [2.45, 2.75) is 33.2 Å². The molecule has 2 aromatic carbocycles. The lowest BCUT2D eigenvalue weighted by molar-refractivity contribution is -0.137. The van der Waals surface area contributed by atoms with E-state index in [4.69, 9.17) is 4.74 Å². The number of nitrogens with zero attached hydrogens (tertiary/aromatic N) is 1. The Morgan fingerprint density at radius 1 is 1.00 bits per heavy atom. The molecule has 31 heavy (non-hydrogen) atoms. The number of aliphatic carboxylic acids is 1. The predicted octanol–water partition coefficient (Wildman–Crippen LogP) is 4.63. The van der Waals surface area contributed by atoms with E-state index in [9.17, 15) is 14.7 Å². The number of carboxylic acid groups (broad SMARTS) is 1. The highest BCUT2D eigenvalue weighted by Crippen LogP contribution is 2.31. The molecule has 0 saturated carbocycles. The van der Waals surface area contributed by atoms with E-state index in [1.807, 2.05) is 63.2 Å². The summed E-state index contributed by atoms with van der Waals surface area (Å²) in [5.74, 6) is -0.880. The molecule has 1 heterocycles. The van der Waals surface area contributed by atoms with Crippen molar-refractivity contribution in [3.05, 3.63) is 82.5 Å². The summed E-state index contributed by atoms with van der Waals surface area (Å²) in [7, 11) is 1.56. The Balaban J connectivity index is 1.94. The summed E-state index contributed by atoms with van der Waals surface area (Å²) in [6.45, 7) is 5.94. The number of benzene rings is 2. The SMILES string of the molecule is COc1ccc(C(=O)N[C@@H](CC(=O)O)c2ccc(C)cc2)nc1-c1ccc(C)cc1C. The number of methoxy groups -OCH3 is 1. The molecule has 1 amide bonds. The van der Waals surface area contributed by atoms with Gasteiger partial charge in [-0.25, -0.2) is 4.98 Å². The number of hydrogen-bond acceptors (Lipinski definition) is 4. The Hall–Kier alpha value is -3.67. The minimum absolute atomic E-state index is 0.193. The Morgan fingerprint density at radius 3 is 2.29 bits per heavy atom. The highest BCUT2D eigenvalue weighted by Gasteiger charge is 2.21. The van der Waals surface area contributed by atoms with Crippen LogP contribution in [0.4, 0.5) is 0 Å². The van der Waals surface area contributed by atoms with Crippen molar-refractivity contribution < 1.29 is 19.4 Å². The number of aryl methyl sites for hydroxylation is 3. The van der Waals surface area contributed by atoms with Gasteiger partial charge in [0.1, 0.15) is 17.1 Å². The maximum Gasteiger partial charge on any atom is 0.305 e. The lowest BCUT2D eigenvalue weighted by Crippen LogP contribution is -2.31. The summed E-state index contributed by atoms with van der Waals surface area (Å²) >= 11 is 0. The molecule has 0 fully saturated rings. The number of amides is 1. The van der Waals surface area contributed by atoms with Gasteiger partial charge in [-0.2, -0.15) is 0 Å². The van der Waals surface area contributed by atoms with Crippen molar-refractivity contribution >= 4 is 11.9 Å². The molecule has 1 aromatic heterocycles. The van der Waals surface area contributed by atoms with E-state index >= 15 is 0 Å². The van der Waals surface area contributed by atoms with Crippen molar-refractivity contribution in [1.29, 1.82) is 0 Å². The molecule has 0 bridgehead atoms. The van der Waals surface area contributed by atoms with Gasteiger partial charge in [0.05, 0.1) is 19.6 Å². The monoisotopic (exact) mass is 418 g/mol. The normalized spacial score (nSPS) is 11.6. The van der Waals surface area contributed by atoms with Crippen molar-refractivity contribution in [3.63, 3.8) is 0 Å². The topological polar surface area (TPSA) is 88.5 Å². The minimum atomic E-state index is -0.996. The van der Waals surface area contributed by atoms with Gasteiger partial charge in [0.15, 0.2) is 0 Å². The summed E-state index contributed by atoms with van der Waals surface area (Å²) in [5, 5.41) is 12.1. The lowest BCUT2D eigenvalue weighted by Gasteiger charge is -2.18. The number of carbonyl (C=O) groups is 2. The van der Waals surface area contributed by atoms with Gasteiger partial charge in [-0.15, -0.1) is 0 Å². The zero-order valence-corrected chi connectivity index (χ0v) is 18.1. The van der Waals surface area contributed by atoms with Crippen molar-refractivity contribution in [2.24, 2.45) is 0 Å². The van der Waals surface area contributed by atoms with E-state index in [0.29, 0.717) is 11.4 Å². The molecule has 3 aromatic rings. The third kappa shape index (κ3) is 5.28. The smallest absolute Gasteiger partial charge is 0.305 e. The van der Waals surface area contributed by atoms with Crippen LogP contribution in [-0.4, -0.2) is 29.1 Å².